The van der Waals surface area contributed by atoms with Gasteiger partial charge in [-0.25, -0.2) is 27.5 Å². The van der Waals surface area contributed by atoms with Gasteiger partial charge in [0.2, 0.25) is 5.92 Å². The Balaban J connectivity index is 2.14. The molecule has 0 saturated heterocycles. The third-order valence-electron chi connectivity index (χ3n) is 5.50. The van der Waals surface area contributed by atoms with E-state index in [2.05, 4.69) is 15.3 Å². The van der Waals surface area contributed by atoms with Gasteiger partial charge in [0.15, 0.2) is 5.54 Å². The van der Waals surface area contributed by atoms with Gasteiger partial charge in [-0.1, -0.05) is 17.7 Å². The second kappa shape index (κ2) is 9.01. The van der Waals surface area contributed by atoms with Gasteiger partial charge in [0.05, 0.1) is 5.69 Å². The standard InChI is InChI=1S/C21H21ClF4N4O2/c1-12-3-4-16(15(23)7-12)30(18(31)17(22)24)20(2,13-9-27-11-28-10-13)19(32)29-14-5-6-21(25,26)8-14/h3-4,7,9-11,14,17H,5-6,8H2,1-2H3,(H,29,32)/t14-,17-,20-/m0/s1. The number of hydrogen-bond donors (Lipinski definition) is 1. The molecule has 3 rings (SSSR count). The molecule has 0 unspecified atom stereocenters. The largest absolute Gasteiger partial charge is 0.351 e. The summed E-state index contributed by atoms with van der Waals surface area (Å²) in [6.45, 7) is 2.83. The van der Waals surface area contributed by atoms with E-state index in [1.54, 1.807) is 6.92 Å². The maximum atomic E-state index is 14.9. The lowest BCUT2D eigenvalue weighted by Gasteiger charge is -2.40. The summed E-state index contributed by atoms with van der Waals surface area (Å²) in [6, 6.07) is 2.89. The van der Waals surface area contributed by atoms with Gasteiger partial charge in [-0.2, -0.15) is 0 Å². The summed E-state index contributed by atoms with van der Waals surface area (Å²) in [5.41, 5.74) is -4.60. The van der Waals surface area contributed by atoms with Crippen LogP contribution in [0.1, 0.15) is 37.3 Å². The van der Waals surface area contributed by atoms with Crippen LogP contribution in [-0.4, -0.2) is 39.4 Å². The molecule has 0 aliphatic heterocycles. The quantitative estimate of drug-likeness (QED) is 0.509. The number of nitrogens with one attached hydrogen (secondary N) is 1. The second-order valence-electron chi connectivity index (χ2n) is 7.90. The molecular formula is C21H21ClF4N4O2. The number of alkyl halides is 4. The van der Waals surface area contributed by atoms with Crippen LogP contribution in [-0.2, 0) is 15.1 Å². The maximum absolute atomic E-state index is 14.9. The number of halogens is 5. The van der Waals surface area contributed by atoms with E-state index in [1.165, 1.54) is 31.5 Å². The van der Waals surface area contributed by atoms with E-state index in [9.17, 15) is 27.2 Å². The molecule has 2 amide bonds. The highest BCUT2D eigenvalue weighted by atomic mass is 35.5. The van der Waals surface area contributed by atoms with Crippen molar-refractivity contribution in [1.29, 1.82) is 0 Å². The Labute approximate surface area is 187 Å². The highest BCUT2D eigenvalue weighted by Crippen LogP contribution is 2.38. The molecule has 1 saturated carbocycles. The Morgan fingerprint density at radius 1 is 1.31 bits per heavy atom. The van der Waals surface area contributed by atoms with Crippen LogP contribution < -0.4 is 10.2 Å². The van der Waals surface area contributed by atoms with Crippen LogP contribution >= 0.6 is 11.6 Å². The first-order chi connectivity index (χ1) is 15.0. The molecular weight excluding hydrogens is 452 g/mol. The second-order valence-corrected chi connectivity index (χ2v) is 8.28. The van der Waals surface area contributed by atoms with Gasteiger partial charge < -0.3 is 5.32 Å². The number of aromatic nitrogens is 2. The molecule has 172 valence electrons. The number of carbonyl (C=O) groups is 2. The van der Waals surface area contributed by atoms with Crippen molar-refractivity contribution in [2.45, 2.75) is 56.2 Å². The number of anilines is 1. The molecule has 0 spiro atoms. The van der Waals surface area contributed by atoms with Crippen LogP contribution in [0.4, 0.5) is 23.2 Å². The van der Waals surface area contributed by atoms with Gasteiger partial charge in [0.25, 0.3) is 17.4 Å². The first-order valence-electron chi connectivity index (χ1n) is 9.78. The molecule has 6 nitrogen and oxygen atoms in total. The Morgan fingerprint density at radius 2 is 1.97 bits per heavy atom. The lowest BCUT2D eigenvalue weighted by molar-refractivity contribution is -0.131. The fraction of sp³-hybridized carbons (Fsp3) is 0.429. The van der Waals surface area contributed by atoms with Gasteiger partial charge in [-0.05, 0) is 38.0 Å². The Hall–Kier alpha value is -2.75. The molecule has 1 aliphatic rings. The summed E-state index contributed by atoms with van der Waals surface area (Å²) in [4.78, 5) is 34.6. The molecule has 1 aliphatic carbocycles. The van der Waals surface area contributed by atoms with Gasteiger partial charge >= 0.3 is 0 Å². The number of aryl methyl sites for hydroxylation is 1. The van der Waals surface area contributed by atoms with Crippen LogP contribution in [0.25, 0.3) is 0 Å². The van der Waals surface area contributed by atoms with Crippen molar-refractivity contribution in [3.05, 3.63) is 53.9 Å². The Morgan fingerprint density at radius 3 is 2.50 bits per heavy atom. The van der Waals surface area contributed by atoms with E-state index in [1.807, 2.05) is 0 Å². The van der Waals surface area contributed by atoms with Gasteiger partial charge in [0, 0.05) is 36.8 Å². The highest BCUT2D eigenvalue weighted by molar-refractivity contribution is 6.32. The molecule has 1 N–H and O–H groups in total. The number of hydrogen-bond acceptors (Lipinski definition) is 4. The minimum atomic E-state index is -2.94. The average molecular weight is 473 g/mol. The van der Waals surface area contributed by atoms with Crippen LogP contribution in [0.2, 0.25) is 0 Å². The van der Waals surface area contributed by atoms with E-state index >= 15 is 0 Å². The van der Waals surface area contributed by atoms with Crippen LogP contribution in [0.3, 0.4) is 0 Å². The van der Waals surface area contributed by atoms with Crippen molar-refractivity contribution < 1.29 is 27.2 Å². The third kappa shape index (κ3) is 4.69. The first-order valence-corrected chi connectivity index (χ1v) is 10.2. The molecule has 32 heavy (non-hydrogen) atoms. The Kier molecular flexibility index (Phi) is 6.73. The fourth-order valence-corrected chi connectivity index (χ4v) is 3.88. The molecule has 1 aromatic heterocycles. The topological polar surface area (TPSA) is 75.2 Å². The number of rotatable bonds is 6. The molecule has 0 bridgehead atoms. The molecule has 2 aromatic rings. The van der Waals surface area contributed by atoms with E-state index in [0.717, 1.165) is 12.4 Å². The van der Waals surface area contributed by atoms with Crippen LogP contribution in [0.15, 0.2) is 36.9 Å². The van der Waals surface area contributed by atoms with Crippen molar-refractivity contribution in [3.63, 3.8) is 0 Å². The number of amides is 2. The average Bonchev–Trinajstić information content (AvgIpc) is 3.08. The predicted octanol–water partition coefficient (Wildman–Crippen LogP) is 4.01. The van der Waals surface area contributed by atoms with Crippen LogP contribution in [0.5, 0.6) is 0 Å². The molecule has 3 atom stereocenters. The van der Waals surface area contributed by atoms with Crippen molar-refractivity contribution in [2.75, 3.05) is 4.90 Å². The lowest BCUT2D eigenvalue weighted by Crippen LogP contribution is -2.60. The van der Waals surface area contributed by atoms with Gasteiger partial charge in [0.1, 0.15) is 12.1 Å². The summed E-state index contributed by atoms with van der Waals surface area (Å²) < 4.78 is 56.3. The van der Waals surface area contributed by atoms with Gasteiger partial charge in [-0.15, -0.1) is 0 Å². The smallest absolute Gasteiger partial charge is 0.278 e. The lowest BCUT2D eigenvalue weighted by atomic mass is 9.89. The normalized spacial score (nSPS) is 20.3. The molecule has 1 heterocycles. The molecule has 11 heteroatoms. The zero-order valence-electron chi connectivity index (χ0n) is 17.3. The maximum Gasteiger partial charge on any atom is 0.278 e. The molecule has 0 radical (unpaired) electrons. The van der Waals surface area contributed by atoms with E-state index in [4.69, 9.17) is 11.6 Å². The van der Waals surface area contributed by atoms with Crippen molar-refractivity contribution in [1.82, 2.24) is 15.3 Å². The highest BCUT2D eigenvalue weighted by Gasteiger charge is 2.49. The summed E-state index contributed by atoms with van der Waals surface area (Å²) in [5, 5.41) is 2.49. The summed E-state index contributed by atoms with van der Waals surface area (Å²) in [6.07, 6.45) is 2.57. The van der Waals surface area contributed by atoms with E-state index < -0.39 is 59.3 Å². The van der Waals surface area contributed by atoms with E-state index in [-0.39, 0.29) is 12.0 Å². The SMILES string of the molecule is Cc1ccc(N(C(=O)[C@H](F)Cl)[C@](C)(C(=O)N[C@H]2CCC(F)(F)C2)c2cncnc2)c(F)c1. The predicted molar refractivity (Wildman–Crippen MR) is 109 cm³/mol. The Bertz CT molecular complexity index is 1010. The van der Waals surface area contributed by atoms with Gasteiger partial charge in [-0.3, -0.25) is 14.5 Å². The zero-order chi connectivity index (χ0) is 23.7. The van der Waals surface area contributed by atoms with Crippen molar-refractivity contribution >= 4 is 29.1 Å². The summed E-state index contributed by atoms with van der Waals surface area (Å²) in [7, 11) is 0. The number of carbonyl (C=O) groups excluding carboxylic acids is 2. The summed E-state index contributed by atoms with van der Waals surface area (Å²) in [5.74, 6) is -6.18. The minimum absolute atomic E-state index is 0.00731. The van der Waals surface area contributed by atoms with Crippen LogP contribution in [0, 0.1) is 12.7 Å². The number of nitrogens with zero attached hydrogens (tertiary/aromatic N) is 3. The minimum Gasteiger partial charge on any atom is -0.351 e. The van der Waals surface area contributed by atoms with Crippen molar-refractivity contribution in [2.24, 2.45) is 0 Å². The molecule has 1 aromatic carbocycles. The third-order valence-corrected chi connectivity index (χ3v) is 5.69. The zero-order valence-corrected chi connectivity index (χ0v) is 18.0. The van der Waals surface area contributed by atoms with E-state index in [0.29, 0.717) is 10.5 Å². The number of benzene rings is 1. The fourth-order valence-electron chi connectivity index (χ4n) is 3.78. The molecule has 1 fully saturated rings. The first kappa shape index (κ1) is 23.9. The summed E-state index contributed by atoms with van der Waals surface area (Å²) >= 11 is 5.42. The monoisotopic (exact) mass is 472 g/mol. The van der Waals surface area contributed by atoms with Crippen molar-refractivity contribution in [3.8, 4) is 0 Å².